The van der Waals surface area contributed by atoms with Crippen molar-refractivity contribution in [1.29, 1.82) is 0 Å². The van der Waals surface area contributed by atoms with Crippen molar-refractivity contribution < 1.29 is 19.1 Å². The Balaban J connectivity index is 1.43. The van der Waals surface area contributed by atoms with E-state index in [1.54, 1.807) is 36.3 Å². The number of carbonyl (C=O) groups excluding carboxylic acids is 2. The number of aryl methyl sites for hydroxylation is 1. The topological polar surface area (TPSA) is 80.2 Å². The van der Waals surface area contributed by atoms with Gasteiger partial charge in [-0.1, -0.05) is 35.4 Å². The molecule has 4 rings (SSSR count). The average molecular weight is 536 g/mol. The largest absolute Gasteiger partial charge is 0.497 e. The monoisotopic (exact) mass is 535 g/mol. The minimum Gasteiger partial charge on any atom is -0.497 e. The molecule has 2 amide bonds. The maximum absolute atomic E-state index is 13.0. The number of rotatable bonds is 8. The summed E-state index contributed by atoms with van der Waals surface area (Å²) in [5.74, 6) is 0.708. The first-order valence-electron chi connectivity index (χ1n) is 11.6. The summed E-state index contributed by atoms with van der Waals surface area (Å²) in [6.45, 7) is 4.20. The van der Waals surface area contributed by atoms with Gasteiger partial charge in [-0.05, 0) is 85.8 Å². The zero-order valence-electron chi connectivity index (χ0n) is 20.7. The number of amides is 2. The van der Waals surface area contributed by atoms with Crippen LogP contribution in [0.3, 0.4) is 0 Å². The van der Waals surface area contributed by atoms with Crippen molar-refractivity contribution in [2.24, 2.45) is 4.99 Å². The van der Waals surface area contributed by atoms with E-state index in [1.807, 2.05) is 62.4 Å². The second-order valence-corrected chi connectivity index (χ2v) is 9.56. The number of hydrogen-bond acceptors (Lipinski definition) is 6. The number of amidine groups is 1. The average Bonchev–Trinajstić information content (AvgIpc) is 3.18. The Kier molecular flexibility index (Phi) is 8.53. The van der Waals surface area contributed by atoms with Gasteiger partial charge < -0.3 is 14.8 Å². The molecule has 0 radical (unpaired) electrons. The van der Waals surface area contributed by atoms with Gasteiger partial charge in [-0.3, -0.25) is 14.5 Å². The molecule has 1 fully saturated rings. The number of hydrogen-bond donors (Lipinski definition) is 1. The fraction of sp³-hybridized carbons (Fsp3) is 0.179. The molecule has 1 aliphatic heterocycles. The van der Waals surface area contributed by atoms with Crippen molar-refractivity contribution in [3.8, 4) is 11.5 Å². The summed E-state index contributed by atoms with van der Waals surface area (Å²) < 4.78 is 10.8. The Bertz CT molecular complexity index is 1350. The third-order valence-corrected chi connectivity index (χ3v) is 6.75. The number of aliphatic imine (C=N–C) groups is 1. The molecule has 0 atom stereocenters. The van der Waals surface area contributed by atoms with Gasteiger partial charge in [-0.25, -0.2) is 4.99 Å². The van der Waals surface area contributed by atoms with Crippen LogP contribution in [0.1, 0.15) is 18.1 Å². The van der Waals surface area contributed by atoms with Gasteiger partial charge in [0.15, 0.2) is 11.8 Å². The maximum atomic E-state index is 13.0. The molecule has 9 heteroatoms. The molecule has 37 heavy (non-hydrogen) atoms. The van der Waals surface area contributed by atoms with Crippen LogP contribution < -0.4 is 14.8 Å². The van der Waals surface area contributed by atoms with Gasteiger partial charge in [0.2, 0.25) is 0 Å². The minimum atomic E-state index is -0.289. The molecule has 0 aromatic heterocycles. The molecule has 3 aromatic rings. The number of thioether (sulfide) groups is 1. The van der Waals surface area contributed by atoms with Gasteiger partial charge in [0.1, 0.15) is 11.5 Å². The Morgan fingerprint density at radius 3 is 2.49 bits per heavy atom. The summed E-state index contributed by atoms with van der Waals surface area (Å²) in [4.78, 5) is 32.0. The highest BCUT2D eigenvalue weighted by molar-refractivity contribution is 8.18. The molecule has 1 aliphatic rings. The van der Waals surface area contributed by atoms with Crippen molar-refractivity contribution in [1.82, 2.24) is 4.90 Å². The number of nitrogens with zero attached hydrogens (tertiary/aromatic N) is 2. The quantitative estimate of drug-likeness (QED) is 0.342. The molecular formula is C28H26ClN3O4S. The van der Waals surface area contributed by atoms with Gasteiger partial charge >= 0.3 is 0 Å². The van der Waals surface area contributed by atoms with Crippen LogP contribution in [0.4, 0.5) is 11.4 Å². The van der Waals surface area contributed by atoms with Crippen LogP contribution in [0, 0.1) is 6.92 Å². The highest BCUT2D eigenvalue weighted by atomic mass is 35.5. The molecule has 1 heterocycles. The fourth-order valence-corrected chi connectivity index (χ4v) is 4.80. The van der Waals surface area contributed by atoms with E-state index in [2.05, 4.69) is 10.3 Å². The van der Waals surface area contributed by atoms with Crippen LogP contribution >= 0.6 is 23.4 Å². The molecule has 0 bridgehead atoms. The number of ether oxygens (including phenoxy) is 2. The summed E-state index contributed by atoms with van der Waals surface area (Å²) in [6, 6.07) is 20.0. The molecular weight excluding hydrogens is 510 g/mol. The van der Waals surface area contributed by atoms with E-state index in [0.717, 1.165) is 22.6 Å². The number of halogens is 1. The van der Waals surface area contributed by atoms with Gasteiger partial charge in [-0.2, -0.15) is 0 Å². The van der Waals surface area contributed by atoms with E-state index < -0.39 is 0 Å². The molecule has 1 saturated heterocycles. The van der Waals surface area contributed by atoms with E-state index in [0.29, 0.717) is 33.1 Å². The van der Waals surface area contributed by atoms with Crippen molar-refractivity contribution in [2.45, 2.75) is 13.8 Å². The third kappa shape index (κ3) is 6.72. The molecule has 0 saturated carbocycles. The summed E-state index contributed by atoms with van der Waals surface area (Å²) in [7, 11) is 1.61. The SMILES string of the molecule is CCN1C(=O)/C(=C\c2ccc(OCC(=O)Nc3ccc(C)cc3)c(Cl)c2)SC1=Nc1ccc(OC)cc1. The molecule has 0 spiro atoms. The summed E-state index contributed by atoms with van der Waals surface area (Å²) in [5.41, 5.74) is 3.27. The van der Waals surface area contributed by atoms with Crippen molar-refractivity contribution in [3.63, 3.8) is 0 Å². The summed E-state index contributed by atoms with van der Waals surface area (Å²) in [5, 5.41) is 3.73. The second kappa shape index (κ2) is 12.0. The second-order valence-electron chi connectivity index (χ2n) is 8.15. The van der Waals surface area contributed by atoms with Crippen molar-refractivity contribution in [3.05, 3.63) is 87.8 Å². The number of methoxy groups -OCH3 is 1. The lowest BCUT2D eigenvalue weighted by molar-refractivity contribution is -0.122. The maximum Gasteiger partial charge on any atom is 0.266 e. The van der Waals surface area contributed by atoms with Gasteiger partial charge in [0.05, 0.1) is 22.7 Å². The first-order chi connectivity index (χ1) is 17.9. The van der Waals surface area contributed by atoms with Crippen molar-refractivity contribution in [2.75, 3.05) is 25.6 Å². The number of carbonyl (C=O) groups is 2. The predicted molar refractivity (Wildman–Crippen MR) is 150 cm³/mol. The van der Waals surface area contributed by atoms with Crippen LogP contribution in [0.5, 0.6) is 11.5 Å². The number of likely N-dealkylation sites (N-methyl/N-ethyl adjacent to an activating group) is 1. The number of nitrogens with one attached hydrogen (secondary N) is 1. The van der Waals surface area contributed by atoms with Crippen LogP contribution in [0.2, 0.25) is 5.02 Å². The Morgan fingerprint density at radius 1 is 1.11 bits per heavy atom. The molecule has 0 unspecified atom stereocenters. The van der Waals surface area contributed by atoms with E-state index in [-0.39, 0.29) is 18.4 Å². The van der Waals surface area contributed by atoms with Crippen molar-refractivity contribution >= 4 is 57.8 Å². The fourth-order valence-electron chi connectivity index (χ4n) is 3.49. The first-order valence-corrected chi connectivity index (χ1v) is 12.8. The van der Waals surface area contributed by atoms with Gasteiger partial charge in [0.25, 0.3) is 11.8 Å². The molecule has 7 nitrogen and oxygen atoms in total. The lowest BCUT2D eigenvalue weighted by Crippen LogP contribution is -2.28. The molecule has 3 aromatic carbocycles. The molecule has 190 valence electrons. The summed E-state index contributed by atoms with van der Waals surface area (Å²) >= 11 is 7.71. The molecule has 0 aliphatic carbocycles. The highest BCUT2D eigenvalue weighted by Crippen LogP contribution is 2.35. The summed E-state index contributed by atoms with van der Waals surface area (Å²) in [6.07, 6.45) is 1.77. The Hall–Kier alpha value is -3.75. The normalized spacial score (nSPS) is 15.4. The van der Waals surface area contributed by atoms with Crippen LogP contribution in [0.15, 0.2) is 76.6 Å². The smallest absolute Gasteiger partial charge is 0.266 e. The van der Waals surface area contributed by atoms with Gasteiger partial charge in [0, 0.05) is 12.2 Å². The van der Waals surface area contributed by atoms with E-state index in [4.69, 9.17) is 21.1 Å². The molecule has 1 N–H and O–H groups in total. The lowest BCUT2D eigenvalue weighted by atomic mass is 10.2. The number of benzene rings is 3. The third-order valence-electron chi connectivity index (χ3n) is 5.45. The van der Waals surface area contributed by atoms with E-state index in [1.165, 1.54) is 11.8 Å². The predicted octanol–water partition coefficient (Wildman–Crippen LogP) is 6.30. The minimum absolute atomic E-state index is 0.121. The van der Waals surface area contributed by atoms with Crippen LogP contribution in [0.25, 0.3) is 6.08 Å². The number of anilines is 1. The zero-order chi connectivity index (χ0) is 26.4. The highest BCUT2D eigenvalue weighted by Gasteiger charge is 2.32. The zero-order valence-corrected chi connectivity index (χ0v) is 22.2. The Labute approximate surface area is 225 Å². The first kappa shape index (κ1) is 26.3. The lowest BCUT2D eigenvalue weighted by Gasteiger charge is -2.12. The van der Waals surface area contributed by atoms with Crippen LogP contribution in [-0.2, 0) is 9.59 Å². The Morgan fingerprint density at radius 2 is 1.84 bits per heavy atom. The van der Waals surface area contributed by atoms with E-state index in [9.17, 15) is 9.59 Å². The van der Waals surface area contributed by atoms with E-state index >= 15 is 0 Å². The van der Waals surface area contributed by atoms with Gasteiger partial charge in [-0.15, -0.1) is 0 Å². The standard InChI is InChI=1S/C28H26ClN3O4S/c1-4-32-27(34)25(37-28(32)31-21-10-12-22(35-3)13-11-21)16-19-7-14-24(23(29)15-19)36-17-26(33)30-20-8-5-18(2)6-9-20/h5-16H,4,17H2,1-3H3,(H,30,33)/b25-16+,31-28?. The van der Waals surface area contributed by atoms with Crippen LogP contribution in [-0.4, -0.2) is 42.1 Å².